The molecule has 35 heavy (non-hydrogen) atoms. The Bertz CT molecular complexity index is 1360. The maximum Gasteiger partial charge on any atom is 0.326 e. The SMILES string of the molecule is CC(C)(C)Nc1c(-c2ccc(F)cc2)nc2cc(C(=O)NC(Cc3ccccc3)C(=O)O)ccn12. The first-order valence-corrected chi connectivity index (χ1v) is 11.2. The van der Waals surface area contributed by atoms with Crippen LogP contribution in [0, 0.1) is 5.82 Å². The molecule has 0 radical (unpaired) electrons. The second kappa shape index (κ2) is 9.58. The molecular weight excluding hydrogens is 447 g/mol. The molecule has 0 bridgehead atoms. The Labute approximate surface area is 202 Å². The zero-order chi connectivity index (χ0) is 25.2. The number of imidazole rings is 1. The molecular formula is C27H27FN4O3. The molecule has 0 aliphatic rings. The molecule has 0 aliphatic heterocycles. The molecule has 2 aromatic heterocycles. The first-order valence-electron chi connectivity index (χ1n) is 11.2. The highest BCUT2D eigenvalue weighted by Crippen LogP contribution is 2.31. The van der Waals surface area contributed by atoms with Gasteiger partial charge in [0, 0.05) is 29.3 Å². The Hall–Kier alpha value is -4.20. The van der Waals surface area contributed by atoms with Crippen LogP contribution in [0.25, 0.3) is 16.9 Å². The molecule has 1 atom stereocenters. The standard InChI is InChI=1S/C27H27FN4O3/c1-27(2,3)31-24-23(18-9-11-20(28)12-10-18)30-22-16-19(13-14-32(22)24)25(33)29-21(26(34)35)15-17-7-5-4-6-8-17/h4-14,16,21,31H,15H2,1-3H3,(H,29,33)(H,34,35). The molecule has 2 heterocycles. The first-order chi connectivity index (χ1) is 16.6. The molecule has 7 nitrogen and oxygen atoms in total. The Morgan fingerprint density at radius 2 is 1.74 bits per heavy atom. The highest BCUT2D eigenvalue weighted by Gasteiger charge is 2.23. The Balaban J connectivity index is 1.67. The minimum atomic E-state index is -1.11. The first kappa shape index (κ1) is 23.9. The number of carboxylic acids is 1. The molecule has 1 unspecified atom stereocenters. The molecule has 180 valence electrons. The number of amides is 1. The van der Waals surface area contributed by atoms with Crippen molar-refractivity contribution in [3.05, 3.63) is 89.9 Å². The third-order valence-corrected chi connectivity index (χ3v) is 5.39. The van der Waals surface area contributed by atoms with Crippen molar-refractivity contribution in [3.63, 3.8) is 0 Å². The maximum absolute atomic E-state index is 13.5. The van der Waals surface area contributed by atoms with Crippen molar-refractivity contribution in [3.8, 4) is 11.3 Å². The second-order valence-electron chi connectivity index (χ2n) is 9.39. The minimum Gasteiger partial charge on any atom is -0.480 e. The third kappa shape index (κ3) is 5.66. The van der Waals surface area contributed by atoms with Gasteiger partial charge in [-0.25, -0.2) is 14.2 Å². The summed E-state index contributed by atoms with van der Waals surface area (Å²) in [6.45, 7) is 6.05. The maximum atomic E-state index is 13.5. The van der Waals surface area contributed by atoms with Gasteiger partial charge in [0.15, 0.2) is 0 Å². The molecule has 4 aromatic rings. The predicted octanol–water partition coefficient (Wildman–Crippen LogP) is 4.78. The van der Waals surface area contributed by atoms with Gasteiger partial charge in [-0.1, -0.05) is 30.3 Å². The van der Waals surface area contributed by atoms with Crippen LogP contribution < -0.4 is 10.6 Å². The Morgan fingerprint density at radius 1 is 1.06 bits per heavy atom. The van der Waals surface area contributed by atoms with Crippen LogP contribution in [0.3, 0.4) is 0 Å². The number of hydrogen-bond acceptors (Lipinski definition) is 4. The third-order valence-electron chi connectivity index (χ3n) is 5.39. The van der Waals surface area contributed by atoms with E-state index in [0.717, 1.165) is 11.1 Å². The van der Waals surface area contributed by atoms with Crippen molar-refractivity contribution in [2.24, 2.45) is 0 Å². The number of hydrogen-bond donors (Lipinski definition) is 3. The molecule has 2 aromatic carbocycles. The number of halogens is 1. The van der Waals surface area contributed by atoms with Gasteiger partial charge in [-0.2, -0.15) is 0 Å². The fourth-order valence-corrected chi connectivity index (χ4v) is 3.76. The second-order valence-corrected chi connectivity index (χ2v) is 9.39. The lowest BCUT2D eigenvalue weighted by Crippen LogP contribution is -2.42. The quantitative estimate of drug-likeness (QED) is 0.358. The average Bonchev–Trinajstić information content (AvgIpc) is 3.15. The van der Waals surface area contributed by atoms with Crippen molar-refractivity contribution in [1.82, 2.24) is 14.7 Å². The molecule has 0 aliphatic carbocycles. The number of benzene rings is 2. The van der Waals surface area contributed by atoms with Gasteiger partial charge in [-0.05, 0) is 62.7 Å². The molecule has 0 saturated heterocycles. The van der Waals surface area contributed by atoms with E-state index in [0.29, 0.717) is 17.2 Å². The molecule has 3 N–H and O–H groups in total. The number of carbonyl (C=O) groups excluding carboxylic acids is 1. The van der Waals surface area contributed by atoms with Gasteiger partial charge in [0.25, 0.3) is 5.91 Å². The number of aliphatic carboxylic acids is 1. The normalized spacial score (nSPS) is 12.3. The fourth-order valence-electron chi connectivity index (χ4n) is 3.76. The number of nitrogens with one attached hydrogen (secondary N) is 2. The number of nitrogens with zero attached hydrogens (tertiary/aromatic N) is 2. The van der Waals surface area contributed by atoms with E-state index in [2.05, 4.69) is 10.6 Å². The molecule has 4 rings (SSSR count). The van der Waals surface area contributed by atoms with E-state index in [1.54, 1.807) is 30.5 Å². The zero-order valence-corrected chi connectivity index (χ0v) is 19.7. The van der Waals surface area contributed by atoms with E-state index >= 15 is 0 Å². The molecule has 8 heteroatoms. The van der Waals surface area contributed by atoms with Gasteiger partial charge in [0.1, 0.15) is 29.0 Å². The van der Waals surface area contributed by atoms with Gasteiger partial charge in [-0.15, -0.1) is 0 Å². The summed E-state index contributed by atoms with van der Waals surface area (Å²) in [5.41, 5.74) is 2.65. The minimum absolute atomic E-state index is 0.169. The van der Waals surface area contributed by atoms with E-state index in [1.165, 1.54) is 12.1 Å². The van der Waals surface area contributed by atoms with E-state index in [-0.39, 0.29) is 23.3 Å². The number of carboxylic acid groups (broad SMARTS) is 1. The summed E-state index contributed by atoms with van der Waals surface area (Å²) < 4.78 is 15.3. The Kier molecular flexibility index (Phi) is 6.55. The van der Waals surface area contributed by atoms with Crippen LogP contribution in [0.15, 0.2) is 72.9 Å². The summed E-state index contributed by atoms with van der Waals surface area (Å²) in [6, 6.07) is 17.3. The molecule has 0 fully saturated rings. The number of pyridine rings is 1. The van der Waals surface area contributed by atoms with Gasteiger partial charge >= 0.3 is 5.97 Å². The van der Waals surface area contributed by atoms with Crippen LogP contribution in [0.1, 0.15) is 36.7 Å². The highest BCUT2D eigenvalue weighted by molar-refractivity contribution is 5.97. The largest absolute Gasteiger partial charge is 0.480 e. The van der Waals surface area contributed by atoms with Crippen LogP contribution in [-0.4, -0.2) is 37.9 Å². The molecule has 0 spiro atoms. The number of aromatic nitrogens is 2. The van der Waals surface area contributed by atoms with Crippen LogP contribution in [0.5, 0.6) is 0 Å². The highest BCUT2D eigenvalue weighted by atomic mass is 19.1. The monoisotopic (exact) mass is 474 g/mol. The van der Waals surface area contributed by atoms with Crippen LogP contribution in [0.2, 0.25) is 0 Å². The van der Waals surface area contributed by atoms with E-state index in [1.807, 2.05) is 55.5 Å². The van der Waals surface area contributed by atoms with Crippen molar-refractivity contribution in [2.45, 2.75) is 38.8 Å². The molecule has 0 saturated carbocycles. The lowest BCUT2D eigenvalue weighted by Gasteiger charge is -2.22. The smallest absolute Gasteiger partial charge is 0.326 e. The van der Waals surface area contributed by atoms with Crippen molar-refractivity contribution in [2.75, 3.05) is 5.32 Å². The summed E-state index contributed by atoms with van der Waals surface area (Å²) in [6.07, 6.45) is 1.88. The van der Waals surface area contributed by atoms with Crippen molar-refractivity contribution in [1.29, 1.82) is 0 Å². The lowest BCUT2D eigenvalue weighted by molar-refractivity contribution is -0.139. The summed E-state index contributed by atoms with van der Waals surface area (Å²) in [5.74, 6) is -1.25. The van der Waals surface area contributed by atoms with E-state index in [9.17, 15) is 19.1 Å². The predicted molar refractivity (Wildman–Crippen MR) is 133 cm³/mol. The topological polar surface area (TPSA) is 95.7 Å². The van der Waals surface area contributed by atoms with Gasteiger partial charge < -0.3 is 15.7 Å². The summed E-state index contributed by atoms with van der Waals surface area (Å²) >= 11 is 0. The zero-order valence-electron chi connectivity index (χ0n) is 19.7. The van der Waals surface area contributed by atoms with Crippen LogP contribution in [-0.2, 0) is 11.2 Å². The van der Waals surface area contributed by atoms with Crippen molar-refractivity contribution < 1.29 is 19.1 Å². The van der Waals surface area contributed by atoms with E-state index < -0.39 is 17.9 Å². The summed E-state index contributed by atoms with van der Waals surface area (Å²) in [7, 11) is 0. The van der Waals surface area contributed by atoms with Gasteiger partial charge in [0.05, 0.1) is 0 Å². The van der Waals surface area contributed by atoms with E-state index in [4.69, 9.17) is 4.98 Å². The van der Waals surface area contributed by atoms with Crippen LogP contribution in [0.4, 0.5) is 10.2 Å². The number of fused-ring (bicyclic) bond motifs is 1. The van der Waals surface area contributed by atoms with Gasteiger partial charge in [-0.3, -0.25) is 9.20 Å². The summed E-state index contributed by atoms with van der Waals surface area (Å²) in [4.78, 5) is 29.4. The van der Waals surface area contributed by atoms with Gasteiger partial charge in [0.2, 0.25) is 0 Å². The number of anilines is 1. The van der Waals surface area contributed by atoms with Crippen molar-refractivity contribution >= 4 is 23.3 Å². The summed E-state index contributed by atoms with van der Waals surface area (Å²) in [5, 5.41) is 15.7. The number of carbonyl (C=O) groups is 2. The fraction of sp³-hybridized carbons (Fsp3) is 0.222. The lowest BCUT2D eigenvalue weighted by atomic mass is 10.1. The Morgan fingerprint density at radius 3 is 2.37 bits per heavy atom. The molecule has 1 amide bonds. The average molecular weight is 475 g/mol. The number of rotatable bonds is 7. The van der Waals surface area contributed by atoms with Crippen LogP contribution >= 0.6 is 0 Å².